The van der Waals surface area contributed by atoms with Crippen molar-refractivity contribution in [2.75, 3.05) is 16.8 Å². The van der Waals surface area contributed by atoms with Crippen molar-refractivity contribution >= 4 is 56.2 Å². The van der Waals surface area contributed by atoms with Crippen LogP contribution in [0.3, 0.4) is 0 Å². The van der Waals surface area contributed by atoms with Gasteiger partial charge in [-0.2, -0.15) is 0 Å². The molecule has 0 bridgehead atoms. The molecule has 8 heteroatoms. The Bertz CT molecular complexity index is 1560. The summed E-state index contributed by atoms with van der Waals surface area (Å²) in [7, 11) is 0. The van der Waals surface area contributed by atoms with Crippen LogP contribution in [0.5, 0.6) is 0 Å². The van der Waals surface area contributed by atoms with Gasteiger partial charge in [-0.15, -0.1) is 11.3 Å². The summed E-state index contributed by atoms with van der Waals surface area (Å²) in [5.41, 5.74) is 4.56. The Morgan fingerprint density at radius 1 is 1.05 bits per heavy atom. The van der Waals surface area contributed by atoms with Gasteiger partial charge in [0.15, 0.2) is 5.78 Å². The first kappa shape index (κ1) is 24.7. The molecule has 1 N–H and O–H groups in total. The number of fused-ring (bicyclic) bond motifs is 3. The molecule has 4 aromatic rings. The summed E-state index contributed by atoms with van der Waals surface area (Å²) in [6, 6.07) is 18.5. The quantitative estimate of drug-likeness (QED) is 0.247. The molecule has 0 saturated heterocycles. The van der Waals surface area contributed by atoms with Gasteiger partial charge < -0.3 is 10.2 Å². The van der Waals surface area contributed by atoms with Crippen LogP contribution in [-0.2, 0) is 6.42 Å². The highest BCUT2D eigenvalue weighted by atomic mass is 79.9. The van der Waals surface area contributed by atoms with Gasteiger partial charge in [0.05, 0.1) is 16.1 Å². The molecule has 1 saturated carbocycles. The number of halogens is 1. The van der Waals surface area contributed by atoms with Gasteiger partial charge in [-0.05, 0) is 89.1 Å². The van der Waals surface area contributed by atoms with Crippen LogP contribution >= 0.6 is 27.3 Å². The van der Waals surface area contributed by atoms with E-state index >= 15 is 0 Å². The lowest BCUT2D eigenvalue weighted by Crippen LogP contribution is -2.32. The molecule has 190 valence electrons. The average Bonchev–Trinajstić information content (AvgIpc) is 3.67. The number of pyridine rings is 1. The van der Waals surface area contributed by atoms with E-state index in [0.29, 0.717) is 46.6 Å². The number of hydrogen-bond donors (Lipinski definition) is 1. The number of ketones is 1. The highest BCUT2D eigenvalue weighted by molar-refractivity contribution is 9.10. The zero-order valence-electron chi connectivity index (χ0n) is 20.4. The van der Waals surface area contributed by atoms with Gasteiger partial charge >= 0.3 is 0 Å². The fourth-order valence-corrected chi connectivity index (χ4v) is 6.36. The van der Waals surface area contributed by atoms with Gasteiger partial charge in [-0.1, -0.05) is 18.2 Å². The zero-order chi connectivity index (χ0) is 26.2. The maximum absolute atomic E-state index is 13.7. The van der Waals surface area contributed by atoms with Crippen LogP contribution in [0.1, 0.15) is 55.2 Å². The van der Waals surface area contributed by atoms with Crippen molar-refractivity contribution in [2.24, 2.45) is 5.92 Å². The molecular weight excluding hydrogens is 562 g/mol. The highest BCUT2D eigenvalue weighted by Gasteiger charge is 2.29. The van der Waals surface area contributed by atoms with Crippen molar-refractivity contribution in [3.05, 3.63) is 99.1 Å². The predicted octanol–water partition coefficient (Wildman–Crippen LogP) is 7.01. The fourth-order valence-electron chi connectivity index (χ4n) is 4.74. The number of hydrogen-bond acceptors (Lipinski definition) is 5. The molecule has 2 aromatic heterocycles. The molecule has 1 aliphatic heterocycles. The minimum absolute atomic E-state index is 0.104. The monoisotopic (exact) mass is 585 g/mol. The van der Waals surface area contributed by atoms with E-state index in [2.05, 4.69) is 26.2 Å². The van der Waals surface area contributed by atoms with E-state index in [9.17, 15) is 14.4 Å². The second-order valence-electron chi connectivity index (χ2n) is 9.65. The third kappa shape index (κ3) is 4.93. The van der Waals surface area contributed by atoms with Crippen molar-refractivity contribution in [1.29, 1.82) is 0 Å². The number of nitrogens with one attached hydrogen (secondary N) is 1. The summed E-state index contributed by atoms with van der Waals surface area (Å²) in [6.45, 7) is 0.518. The lowest BCUT2D eigenvalue weighted by atomic mass is 10.1. The summed E-state index contributed by atoms with van der Waals surface area (Å²) in [6.07, 6.45) is 6.77. The molecule has 38 heavy (non-hydrogen) atoms. The standard InChI is InChI=1S/C30H24BrN3O3S/c31-24-17-32-13-11-22(24)29(36)33-21-9-7-19(8-10-21)30(37)34-14-12-20-16-27(26(35)15-18-5-6-18)38-28(20)23-3-1-2-4-25(23)34/h1-4,7-11,13,16-18H,5-6,12,14-15H2,(H,33,36). The highest BCUT2D eigenvalue weighted by Crippen LogP contribution is 2.43. The number of benzene rings is 2. The van der Waals surface area contributed by atoms with Crippen LogP contribution in [0.2, 0.25) is 0 Å². The molecule has 0 radical (unpaired) electrons. The van der Waals surface area contributed by atoms with Crippen LogP contribution in [0, 0.1) is 5.92 Å². The van der Waals surface area contributed by atoms with E-state index in [1.165, 1.54) is 0 Å². The second kappa shape index (κ2) is 10.3. The number of para-hydroxylation sites is 1. The van der Waals surface area contributed by atoms with Crippen LogP contribution < -0.4 is 10.2 Å². The maximum Gasteiger partial charge on any atom is 0.258 e. The maximum atomic E-state index is 13.7. The number of anilines is 2. The predicted molar refractivity (Wildman–Crippen MR) is 153 cm³/mol. The Hall–Kier alpha value is -3.62. The Morgan fingerprint density at radius 3 is 2.61 bits per heavy atom. The molecule has 1 aliphatic carbocycles. The molecule has 2 aliphatic rings. The third-order valence-electron chi connectivity index (χ3n) is 6.95. The molecule has 0 unspecified atom stereocenters. The van der Waals surface area contributed by atoms with Crippen molar-refractivity contribution in [3.63, 3.8) is 0 Å². The number of amides is 2. The first-order valence-electron chi connectivity index (χ1n) is 12.6. The number of carbonyl (C=O) groups is 3. The van der Waals surface area contributed by atoms with Gasteiger partial charge in [-0.25, -0.2) is 0 Å². The average molecular weight is 587 g/mol. The van der Waals surface area contributed by atoms with E-state index in [4.69, 9.17) is 0 Å². The van der Waals surface area contributed by atoms with E-state index in [0.717, 1.165) is 39.4 Å². The zero-order valence-corrected chi connectivity index (χ0v) is 22.8. The SMILES string of the molecule is O=C(CC1CC1)c1cc2c(s1)-c1ccccc1N(C(=O)c1ccc(NC(=O)c3ccncc3Br)cc1)CC2. The molecule has 0 atom stereocenters. The van der Waals surface area contributed by atoms with Crippen molar-refractivity contribution < 1.29 is 14.4 Å². The minimum Gasteiger partial charge on any atom is -0.322 e. The van der Waals surface area contributed by atoms with Crippen LogP contribution in [0.25, 0.3) is 10.4 Å². The van der Waals surface area contributed by atoms with E-state index in [1.807, 2.05) is 35.2 Å². The number of rotatable bonds is 6. The number of Topliss-reactive ketones (excluding diaryl/α,β-unsaturated/α-hetero) is 1. The number of carbonyl (C=O) groups excluding carboxylic acids is 3. The van der Waals surface area contributed by atoms with Crippen LogP contribution in [0.15, 0.2) is 77.5 Å². The smallest absolute Gasteiger partial charge is 0.258 e. The van der Waals surface area contributed by atoms with Crippen molar-refractivity contribution in [3.8, 4) is 10.4 Å². The Labute approximate surface area is 232 Å². The van der Waals surface area contributed by atoms with E-state index in [1.54, 1.807) is 54.1 Å². The van der Waals surface area contributed by atoms with Gasteiger partial charge in [0.25, 0.3) is 11.8 Å². The summed E-state index contributed by atoms with van der Waals surface area (Å²) < 4.78 is 0.608. The van der Waals surface area contributed by atoms with Gasteiger partial charge in [0, 0.05) is 51.5 Å². The summed E-state index contributed by atoms with van der Waals surface area (Å²) in [5.74, 6) is 0.426. The summed E-state index contributed by atoms with van der Waals surface area (Å²) in [4.78, 5) is 46.8. The van der Waals surface area contributed by atoms with E-state index in [-0.39, 0.29) is 17.6 Å². The number of nitrogens with zero attached hydrogens (tertiary/aromatic N) is 2. The van der Waals surface area contributed by atoms with Crippen molar-refractivity contribution in [2.45, 2.75) is 25.7 Å². The summed E-state index contributed by atoms with van der Waals surface area (Å²) in [5, 5.41) is 2.86. The molecule has 0 spiro atoms. The minimum atomic E-state index is -0.263. The molecule has 2 aromatic carbocycles. The Balaban J connectivity index is 1.23. The molecular formula is C30H24BrN3O3S. The summed E-state index contributed by atoms with van der Waals surface area (Å²) >= 11 is 4.90. The normalized spacial score (nSPS) is 14.3. The largest absolute Gasteiger partial charge is 0.322 e. The molecule has 6 nitrogen and oxygen atoms in total. The molecule has 6 rings (SSSR count). The molecule has 2 amide bonds. The van der Waals surface area contributed by atoms with Gasteiger partial charge in [0.1, 0.15) is 0 Å². The first-order chi connectivity index (χ1) is 18.5. The fraction of sp³-hybridized carbons (Fsp3) is 0.200. The Morgan fingerprint density at radius 2 is 1.84 bits per heavy atom. The van der Waals surface area contributed by atoms with Crippen molar-refractivity contribution in [1.82, 2.24) is 4.98 Å². The first-order valence-corrected chi connectivity index (χ1v) is 14.2. The number of aromatic nitrogens is 1. The topological polar surface area (TPSA) is 79.4 Å². The van der Waals surface area contributed by atoms with Crippen LogP contribution in [0.4, 0.5) is 11.4 Å². The molecule has 3 heterocycles. The number of thiophene rings is 1. The third-order valence-corrected chi connectivity index (χ3v) is 8.83. The molecule has 1 fully saturated rings. The van der Waals surface area contributed by atoms with E-state index < -0.39 is 0 Å². The lowest BCUT2D eigenvalue weighted by molar-refractivity contribution is 0.0974. The van der Waals surface area contributed by atoms with Gasteiger partial charge in [0.2, 0.25) is 0 Å². The van der Waals surface area contributed by atoms with Crippen LogP contribution in [-0.4, -0.2) is 29.1 Å². The lowest BCUT2D eigenvalue weighted by Gasteiger charge is -2.23. The van der Waals surface area contributed by atoms with Gasteiger partial charge in [-0.3, -0.25) is 19.4 Å². The Kier molecular flexibility index (Phi) is 6.68. The second-order valence-corrected chi connectivity index (χ2v) is 11.6.